The molecule has 5 nitrogen and oxygen atoms in total. The third kappa shape index (κ3) is 5.25. The molecule has 1 saturated heterocycles. The van der Waals surface area contributed by atoms with Gasteiger partial charge in [0.05, 0.1) is 7.11 Å². The predicted molar refractivity (Wildman–Crippen MR) is 131 cm³/mol. The van der Waals surface area contributed by atoms with E-state index in [1.807, 2.05) is 61.2 Å². The Morgan fingerprint density at radius 2 is 1.64 bits per heavy atom. The second kappa shape index (κ2) is 9.90. The molecule has 0 atom stereocenters. The highest BCUT2D eigenvalue weighted by Crippen LogP contribution is 2.30. The Labute approximate surface area is 195 Å². The molecule has 0 aliphatic carbocycles. The van der Waals surface area contributed by atoms with Gasteiger partial charge in [0.15, 0.2) is 0 Å². The molecule has 0 bridgehead atoms. The second-order valence-corrected chi connectivity index (χ2v) is 8.69. The molecule has 5 heteroatoms. The van der Waals surface area contributed by atoms with Gasteiger partial charge in [0, 0.05) is 29.9 Å². The van der Waals surface area contributed by atoms with E-state index in [4.69, 9.17) is 4.74 Å². The Hall–Kier alpha value is -3.60. The van der Waals surface area contributed by atoms with Gasteiger partial charge in [0.25, 0.3) is 11.8 Å². The first-order valence-electron chi connectivity index (χ1n) is 11.4. The van der Waals surface area contributed by atoms with Crippen LogP contribution in [0.25, 0.3) is 0 Å². The lowest BCUT2D eigenvalue weighted by Gasteiger charge is -2.32. The topological polar surface area (TPSA) is 58.6 Å². The van der Waals surface area contributed by atoms with E-state index in [2.05, 4.69) is 17.4 Å². The number of anilines is 1. The average Bonchev–Trinajstić information content (AvgIpc) is 2.85. The SMILES string of the molecule is COc1ccc(C2CCN(C(=O)c3ccc(C)c(NC(=O)c4cccc(C)c4)c3)CC2)cc1. The molecule has 1 heterocycles. The number of amides is 2. The van der Waals surface area contributed by atoms with Crippen LogP contribution in [-0.4, -0.2) is 36.9 Å². The van der Waals surface area contributed by atoms with Crippen molar-refractivity contribution >= 4 is 17.5 Å². The van der Waals surface area contributed by atoms with Gasteiger partial charge in [-0.2, -0.15) is 0 Å². The first-order valence-corrected chi connectivity index (χ1v) is 11.4. The number of likely N-dealkylation sites (tertiary alicyclic amines) is 1. The number of aryl methyl sites for hydroxylation is 2. The zero-order chi connectivity index (χ0) is 23.4. The van der Waals surface area contributed by atoms with Gasteiger partial charge >= 0.3 is 0 Å². The maximum Gasteiger partial charge on any atom is 0.255 e. The summed E-state index contributed by atoms with van der Waals surface area (Å²) in [5, 5.41) is 2.97. The summed E-state index contributed by atoms with van der Waals surface area (Å²) in [4.78, 5) is 27.8. The van der Waals surface area contributed by atoms with Crippen LogP contribution in [0.4, 0.5) is 5.69 Å². The van der Waals surface area contributed by atoms with Gasteiger partial charge in [-0.1, -0.05) is 35.9 Å². The number of methoxy groups -OCH3 is 1. The molecule has 1 N–H and O–H groups in total. The summed E-state index contributed by atoms with van der Waals surface area (Å²) >= 11 is 0. The fourth-order valence-electron chi connectivity index (χ4n) is 4.35. The smallest absolute Gasteiger partial charge is 0.255 e. The van der Waals surface area contributed by atoms with Crippen molar-refractivity contribution in [3.8, 4) is 5.75 Å². The molecule has 170 valence electrons. The van der Waals surface area contributed by atoms with Crippen molar-refractivity contribution in [2.45, 2.75) is 32.6 Å². The van der Waals surface area contributed by atoms with Gasteiger partial charge in [-0.05, 0) is 80.1 Å². The molecule has 1 aliphatic rings. The zero-order valence-corrected chi connectivity index (χ0v) is 19.4. The summed E-state index contributed by atoms with van der Waals surface area (Å²) in [7, 11) is 1.67. The van der Waals surface area contributed by atoms with Crippen LogP contribution in [0.2, 0.25) is 0 Å². The second-order valence-electron chi connectivity index (χ2n) is 8.69. The minimum absolute atomic E-state index is 0.00855. The third-order valence-electron chi connectivity index (χ3n) is 6.38. The first-order chi connectivity index (χ1) is 15.9. The summed E-state index contributed by atoms with van der Waals surface area (Å²) in [6.45, 7) is 5.32. The zero-order valence-electron chi connectivity index (χ0n) is 19.4. The summed E-state index contributed by atoms with van der Waals surface area (Å²) in [5.74, 6) is 1.14. The minimum Gasteiger partial charge on any atom is -0.497 e. The Morgan fingerprint density at radius 3 is 2.30 bits per heavy atom. The molecule has 3 aromatic carbocycles. The fraction of sp³-hybridized carbons (Fsp3) is 0.286. The van der Waals surface area contributed by atoms with Crippen LogP contribution in [0.5, 0.6) is 5.75 Å². The molecule has 2 amide bonds. The van der Waals surface area contributed by atoms with E-state index in [1.165, 1.54) is 5.56 Å². The van der Waals surface area contributed by atoms with Crippen LogP contribution in [0.15, 0.2) is 66.7 Å². The normalized spacial score (nSPS) is 14.1. The monoisotopic (exact) mass is 442 g/mol. The maximum atomic E-state index is 13.2. The molecule has 0 aromatic heterocycles. The number of carbonyl (C=O) groups is 2. The summed E-state index contributed by atoms with van der Waals surface area (Å²) < 4.78 is 5.25. The molecule has 4 rings (SSSR count). The quantitative estimate of drug-likeness (QED) is 0.561. The van der Waals surface area contributed by atoms with Gasteiger partial charge in [-0.15, -0.1) is 0 Å². The van der Waals surface area contributed by atoms with E-state index >= 15 is 0 Å². The standard InChI is InChI=1S/C28H30N2O3/c1-19-5-4-6-23(17-19)27(31)29-26-18-24(8-7-20(26)2)28(32)30-15-13-22(14-16-30)21-9-11-25(33-3)12-10-21/h4-12,17-18,22H,13-16H2,1-3H3,(H,29,31). The summed E-state index contributed by atoms with van der Waals surface area (Å²) in [6, 6.07) is 21.2. The number of rotatable bonds is 5. The van der Waals surface area contributed by atoms with E-state index in [1.54, 1.807) is 19.2 Å². The Morgan fingerprint density at radius 1 is 0.909 bits per heavy atom. The van der Waals surface area contributed by atoms with Crippen LogP contribution in [-0.2, 0) is 0 Å². The van der Waals surface area contributed by atoms with Crippen LogP contribution >= 0.6 is 0 Å². The Bertz CT molecular complexity index is 1150. The molecule has 3 aromatic rings. The number of ether oxygens (including phenoxy) is 1. The molecular weight excluding hydrogens is 412 g/mol. The van der Waals surface area contributed by atoms with Crippen molar-refractivity contribution in [2.24, 2.45) is 0 Å². The largest absolute Gasteiger partial charge is 0.497 e. The van der Waals surface area contributed by atoms with E-state index in [9.17, 15) is 9.59 Å². The number of hydrogen-bond donors (Lipinski definition) is 1. The fourth-order valence-corrected chi connectivity index (χ4v) is 4.35. The van der Waals surface area contributed by atoms with Crippen molar-refractivity contribution in [3.05, 3.63) is 94.5 Å². The molecule has 0 unspecified atom stereocenters. The first kappa shape index (κ1) is 22.6. The maximum absolute atomic E-state index is 13.2. The van der Waals surface area contributed by atoms with Gasteiger partial charge in [0.2, 0.25) is 0 Å². The molecule has 0 spiro atoms. The van der Waals surface area contributed by atoms with Gasteiger partial charge in [0.1, 0.15) is 5.75 Å². The van der Waals surface area contributed by atoms with Crippen LogP contribution in [0, 0.1) is 13.8 Å². The number of carbonyl (C=O) groups excluding carboxylic acids is 2. The van der Waals surface area contributed by atoms with Crippen LogP contribution < -0.4 is 10.1 Å². The van der Waals surface area contributed by atoms with Crippen molar-refractivity contribution in [1.82, 2.24) is 4.90 Å². The number of nitrogens with zero attached hydrogens (tertiary/aromatic N) is 1. The van der Waals surface area contributed by atoms with Gasteiger partial charge < -0.3 is 15.0 Å². The molecule has 1 aliphatic heterocycles. The van der Waals surface area contributed by atoms with E-state index in [0.717, 1.165) is 29.7 Å². The van der Waals surface area contributed by atoms with Crippen molar-refractivity contribution < 1.29 is 14.3 Å². The third-order valence-corrected chi connectivity index (χ3v) is 6.38. The van der Waals surface area contributed by atoms with Crippen molar-refractivity contribution in [3.63, 3.8) is 0 Å². The van der Waals surface area contributed by atoms with E-state index in [0.29, 0.717) is 35.8 Å². The molecule has 0 saturated carbocycles. The minimum atomic E-state index is -0.174. The molecular formula is C28H30N2O3. The summed E-state index contributed by atoms with van der Waals surface area (Å²) in [5.41, 5.74) is 5.11. The molecule has 0 radical (unpaired) electrons. The number of benzene rings is 3. The van der Waals surface area contributed by atoms with Crippen molar-refractivity contribution in [2.75, 3.05) is 25.5 Å². The van der Waals surface area contributed by atoms with Crippen LogP contribution in [0.3, 0.4) is 0 Å². The van der Waals surface area contributed by atoms with E-state index in [-0.39, 0.29) is 11.8 Å². The van der Waals surface area contributed by atoms with Crippen molar-refractivity contribution in [1.29, 1.82) is 0 Å². The molecule has 33 heavy (non-hydrogen) atoms. The van der Waals surface area contributed by atoms with Gasteiger partial charge in [-0.3, -0.25) is 9.59 Å². The molecule has 1 fully saturated rings. The highest BCUT2D eigenvalue weighted by molar-refractivity contribution is 6.05. The lowest BCUT2D eigenvalue weighted by atomic mass is 9.89. The lowest BCUT2D eigenvalue weighted by molar-refractivity contribution is 0.0712. The lowest BCUT2D eigenvalue weighted by Crippen LogP contribution is -2.38. The average molecular weight is 443 g/mol. The van der Waals surface area contributed by atoms with Crippen LogP contribution in [0.1, 0.15) is 56.2 Å². The number of hydrogen-bond acceptors (Lipinski definition) is 3. The predicted octanol–water partition coefficient (Wildman–Crippen LogP) is 5.58. The van der Waals surface area contributed by atoms with E-state index < -0.39 is 0 Å². The summed E-state index contributed by atoms with van der Waals surface area (Å²) in [6.07, 6.45) is 1.86. The van der Waals surface area contributed by atoms with Gasteiger partial charge in [-0.25, -0.2) is 0 Å². The highest BCUT2D eigenvalue weighted by Gasteiger charge is 2.25. The number of piperidine rings is 1. The number of nitrogens with one attached hydrogen (secondary N) is 1. The Balaban J connectivity index is 1.42. The highest BCUT2D eigenvalue weighted by atomic mass is 16.5. The Kier molecular flexibility index (Phi) is 6.78.